The van der Waals surface area contributed by atoms with Gasteiger partial charge >= 0.3 is 6.01 Å². The minimum Gasteiger partial charge on any atom is -0.421 e. The number of nitrogens with two attached hydrogens (primary N) is 1. The number of rotatable bonds is 5. The Labute approximate surface area is 179 Å². The molecule has 160 valence electrons. The van der Waals surface area contributed by atoms with Crippen LogP contribution in [0.4, 0.5) is 15.9 Å². The van der Waals surface area contributed by atoms with E-state index >= 15 is 0 Å². The van der Waals surface area contributed by atoms with Crippen LogP contribution in [0.3, 0.4) is 0 Å². The molecule has 1 atom stereocenters. The highest BCUT2D eigenvalue weighted by Gasteiger charge is 2.33. The van der Waals surface area contributed by atoms with E-state index < -0.39 is 0 Å². The number of nitrogens with zero attached hydrogens (tertiary/aromatic N) is 5. The smallest absolute Gasteiger partial charge is 0.324 e. The molecule has 5 rings (SSSR count). The van der Waals surface area contributed by atoms with Gasteiger partial charge < -0.3 is 20.7 Å². The van der Waals surface area contributed by atoms with Gasteiger partial charge in [-0.15, -0.1) is 0 Å². The molecule has 1 aliphatic heterocycles. The van der Waals surface area contributed by atoms with E-state index in [0.29, 0.717) is 30.5 Å². The van der Waals surface area contributed by atoms with Crippen LogP contribution in [-0.2, 0) is 6.42 Å². The maximum atomic E-state index is 14.4. The highest BCUT2D eigenvalue weighted by molar-refractivity contribution is 5.88. The zero-order valence-corrected chi connectivity index (χ0v) is 17.5. The van der Waals surface area contributed by atoms with Crippen LogP contribution in [0.15, 0.2) is 24.5 Å². The van der Waals surface area contributed by atoms with E-state index in [1.807, 2.05) is 6.92 Å². The van der Waals surface area contributed by atoms with Crippen molar-refractivity contribution in [3.63, 3.8) is 0 Å². The van der Waals surface area contributed by atoms with Crippen molar-refractivity contribution in [2.24, 2.45) is 11.7 Å². The number of nitrogens with one attached hydrogen (secondary N) is 1. The lowest BCUT2D eigenvalue weighted by molar-refractivity contribution is 0.435. The molecule has 1 aromatic carbocycles. The lowest BCUT2D eigenvalue weighted by atomic mass is 10.0. The normalized spacial score (nSPS) is 16.9. The lowest BCUT2D eigenvalue weighted by Gasteiger charge is -2.21. The summed E-state index contributed by atoms with van der Waals surface area (Å²) in [6, 6.07) is 3.32. The van der Waals surface area contributed by atoms with Crippen molar-refractivity contribution < 1.29 is 9.13 Å². The molecule has 0 amide bonds. The first-order chi connectivity index (χ1) is 15.1. The second-order valence-electron chi connectivity index (χ2n) is 7.96. The standard InChI is InChI=1S/C22H24FN7O/c1-12-26-9-15(10-27-12)31-22-28-19-7-16-17(5-14(23)6-18(16)25-2)20(19)21(29-22)30-4-3-13(8-24)11-30/h5-6,9-10,13,25H,3-4,7-8,11,24H2,1-2H3. The van der Waals surface area contributed by atoms with E-state index in [0.717, 1.165) is 53.4 Å². The second kappa shape index (κ2) is 7.73. The van der Waals surface area contributed by atoms with E-state index in [-0.39, 0.29) is 11.8 Å². The van der Waals surface area contributed by atoms with Gasteiger partial charge in [0.05, 0.1) is 18.1 Å². The van der Waals surface area contributed by atoms with Crippen molar-refractivity contribution in [2.45, 2.75) is 19.8 Å². The number of fused-ring (bicyclic) bond motifs is 3. The molecule has 0 saturated carbocycles. The maximum Gasteiger partial charge on any atom is 0.324 e. The number of hydrogen-bond donors (Lipinski definition) is 2. The molecule has 2 aliphatic rings. The fourth-order valence-electron chi connectivity index (χ4n) is 4.35. The molecule has 0 spiro atoms. The Morgan fingerprint density at radius 2 is 2.06 bits per heavy atom. The van der Waals surface area contributed by atoms with Crippen LogP contribution in [0.2, 0.25) is 0 Å². The molecule has 1 unspecified atom stereocenters. The number of aryl methyl sites for hydroxylation is 1. The SMILES string of the molecule is CNc1cc(F)cc2c1Cc1nc(Oc3cnc(C)nc3)nc(N3CCC(CN)C3)c1-2. The first-order valence-corrected chi connectivity index (χ1v) is 10.4. The Bertz CT molecular complexity index is 1140. The third kappa shape index (κ3) is 3.54. The van der Waals surface area contributed by atoms with Gasteiger partial charge in [0, 0.05) is 37.8 Å². The summed E-state index contributed by atoms with van der Waals surface area (Å²) in [5, 5.41) is 3.10. The molecule has 8 nitrogen and oxygen atoms in total. The van der Waals surface area contributed by atoms with Gasteiger partial charge in [-0.05, 0) is 49.1 Å². The summed E-state index contributed by atoms with van der Waals surface area (Å²) in [4.78, 5) is 20.0. The van der Waals surface area contributed by atoms with Gasteiger partial charge in [-0.3, -0.25) is 0 Å². The summed E-state index contributed by atoms with van der Waals surface area (Å²) in [6.45, 7) is 4.08. The Morgan fingerprint density at radius 1 is 1.26 bits per heavy atom. The van der Waals surface area contributed by atoms with Crippen LogP contribution >= 0.6 is 0 Å². The van der Waals surface area contributed by atoms with Crippen molar-refractivity contribution in [3.8, 4) is 22.9 Å². The molecule has 1 fully saturated rings. The zero-order chi connectivity index (χ0) is 21.5. The summed E-state index contributed by atoms with van der Waals surface area (Å²) < 4.78 is 20.3. The highest BCUT2D eigenvalue weighted by atomic mass is 19.1. The molecule has 9 heteroatoms. The first kappa shape index (κ1) is 19.6. The molecule has 31 heavy (non-hydrogen) atoms. The van der Waals surface area contributed by atoms with E-state index in [9.17, 15) is 4.39 Å². The number of ether oxygens (including phenoxy) is 1. The van der Waals surface area contributed by atoms with Crippen molar-refractivity contribution in [1.82, 2.24) is 19.9 Å². The molecule has 2 aromatic heterocycles. The average Bonchev–Trinajstić information content (AvgIpc) is 3.39. The van der Waals surface area contributed by atoms with Gasteiger partial charge in [0.2, 0.25) is 0 Å². The highest BCUT2D eigenvalue weighted by Crippen LogP contribution is 2.46. The number of halogens is 1. The monoisotopic (exact) mass is 421 g/mol. The topological polar surface area (TPSA) is 102 Å². The molecule has 3 aromatic rings. The minimum atomic E-state index is -0.291. The molecule has 0 radical (unpaired) electrons. The third-order valence-electron chi connectivity index (χ3n) is 5.93. The molecule has 3 N–H and O–H groups in total. The first-order valence-electron chi connectivity index (χ1n) is 10.4. The Morgan fingerprint density at radius 3 is 2.77 bits per heavy atom. The Balaban J connectivity index is 1.61. The molecule has 3 heterocycles. The fraction of sp³-hybridized carbons (Fsp3) is 0.364. The third-order valence-corrected chi connectivity index (χ3v) is 5.93. The zero-order valence-electron chi connectivity index (χ0n) is 17.5. The summed E-state index contributed by atoms with van der Waals surface area (Å²) in [5.74, 6) is 2.00. The van der Waals surface area contributed by atoms with Crippen molar-refractivity contribution in [2.75, 3.05) is 36.9 Å². The van der Waals surface area contributed by atoms with E-state index in [4.69, 9.17) is 15.5 Å². The molecule has 1 saturated heterocycles. The Kier molecular flexibility index (Phi) is 4.90. The second-order valence-corrected chi connectivity index (χ2v) is 7.96. The maximum absolute atomic E-state index is 14.4. The summed E-state index contributed by atoms with van der Waals surface area (Å²) in [5.41, 5.74) is 10.2. The van der Waals surface area contributed by atoms with Crippen molar-refractivity contribution >= 4 is 11.5 Å². The number of anilines is 2. The van der Waals surface area contributed by atoms with Crippen LogP contribution < -0.4 is 20.7 Å². The molecular formula is C22H24FN7O. The van der Waals surface area contributed by atoms with Crippen LogP contribution in [0.1, 0.15) is 23.5 Å². The van der Waals surface area contributed by atoms with Gasteiger partial charge in [-0.2, -0.15) is 9.97 Å². The van der Waals surface area contributed by atoms with E-state index in [2.05, 4.69) is 25.2 Å². The van der Waals surface area contributed by atoms with Gasteiger partial charge in [0.15, 0.2) is 5.75 Å². The van der Waals surface area contributed by atoms with Gasteiger partial charge in [-0.1, -0.05) is 0 Å². The Hall–Kier alpha value is -3.33. The molecule has 0 bridgehead atoms. The molecule has 1 aliphatic carbocycles. The predicted molar refractivity (Wildman–Crippen MR) is 116 cm³/mol. The summed E-state index contributed by atoms with van der Waals surface area (Å²) in [6.07, 6.45) is 4.77. The van der Waals surface area contributed by atoms with Crippen molar-refractivity contribution in [1.29, 1.82) is 0 Å². The van der Waals surface area contributed by atoms with Crippen LogP contribution in [-0.4, -0.2) is 46.6 Å². The van der Waals surface area contributed by atoms with E-state index in [1.54, 1.807) is 25.5 Å². The summed E-state index contributed by atoms with van der Waals surface area (Å²) in [7, 11) is 1.79. The lowest BCUT2D eigenvalue weighted by Crippen LogP contribution is -2.24. The van der Waals surface area contributed by atoms with Gasteiger partial charge in [0.25, 0.3) is 0 Å². The molecular weight excluding hydrogens is 397 g/mol. The van der Waals surface area contributed by atoms with Crippen LogP contribution in [0, 0.1) is 18.7 Å². The van der Waals surface area contributed by atoms with Crippen molar-refractivity contribution in [3.05, 3.63) is 47.4 Å². The van der Waals surface area contributed by atoms with Gasteiger partial charge in [0.1, 0.15) is 17.5 Å². The average molecular weight is 421 g/mol. The predicted octanol–water partition coefficient (Wildman–Crippen LogP) is 2.90. The number of aromatic nitrogens is 4. The number of hydrogen-bond acceptors (Lipinski definition) is 8. The van der Waals surface area contributed by atoms with E-state index in [1.165, 1.54) is 6.07 Å². The van der Waals surface area contributed by atoms with Crippen LogP contribution in [0.5, 0.6) is 11.8 Å². The van der Waals surface area contributed by atoms with Crippen LogP contribution in [0.25, 0.3) is 11.1 Å². The minimum absolute atomic E-state index is 0.233. The quantitative estimate of drug-likeness (QED) is 0.507. The van der Waals surface area contributed by atoms with Gasteiger partial charge in [-0.25, -0.2) is 14.4 Å². The number of benzene rings is 1. The fourth-order valence-corrected chi connectivity index (χ4v) is 4.35. The summed E-state index contributed by atoms with van der Waals surface area (Å²) >= 11 is 0. The largest absolute Gasteiger partial charge is 0.421 e.